The molecule has 26 heavy (non-hydrogen) atoms. The topological polar surface area (TPSA) is 68.2 Å². The first-order valence-electron chi connectivity index (χ1n) is 8.21. The molecule has 2 N–H and O–H groups in total. The van der Waals surface area contributed by atoms with Gasteiger partial charge in [-0.25, -0.2) is 4.39 Å². The van der Waals surface area contributed by atoms with Gasteiger partial charge in [0.05, 0.1) is 6.54 Å². The van der Waals surface area contributed by atoms with Gasteiger partial charge in [0.2, 0.25) is 11.7 Å². The number of halogens is 2. The molecule has 5 nitrogen and oxygen atoms in total. The van der Waals surface area contributed by atoms with E-state index < -0.39 is 0 Å². The smallest absolute Gasteiger partial charge is 0.241 e. The van der Waals surface area contributed by atoms with Gasteiger partial charge in [-0.3, -0.25) is 4.90 Å². The molecule has 0 aliphatic carbocycles. The number of nitrogens with zero attached hydrogens (tertiary/aromatic N) is 3. The van der Waals surface area contributed by atoms with Crippen molar-refractivity contribution in [1.82, 2.24) is 15.0 Å². The van der Waals surface area contributed by atoms with E-state index in [1.54, 1.807) is 19.1 Å². The molecule has 0 amide bonds. The fourth-order valence-corrected chi connectivity index (χ4v) is 2.65. The molecule has 0 spiro atoms. The Bertz CT molecular complexity index is 825. The first kappa shape index (κ1) is 20.0. The van der Waals surface area contributed by atoms with Gasteiger partial charge in [0, 0.05) is 25.2 Å². The van der Waals surface area contributed by atoms with E-state index in [-0.39, 0.29) is 18.2 Å². The van der Waals surface area contributed by atoms with Crippen LogP contribution in [0, 0.1) is 12.7 Å². The second kappa shape index (κ2) is 9.43. The summed E-state index contributed by atoms with van der Waals surface area (Å²) >= 11 is 0. The minimum Gasteiger partial charge on any atom is -0.338 e. The largest absolute Gasteiger partial charge is 0.338 e. The maximum atomic E-state index is 13.4. The molecule has 3 rings (SSSR count). The molecule has 7 heteroatoms. The number of nitrogens with two attached hydrogens (primary N) is 1. The number of aryl methyl sites for hydroxylation is 1. The van der Waals surface area contributed by atoms with Gasteiger partial charge < -0.3 is 10.3 Å². The van der Waals surface area contributed by atoms with Crippen molar-refractivity contribution in [2.45, 2.75) is 20.0 Å². The molecular formula is C19H22ClFN4O. The zero-order chi connectivity index (χ0) is 17.6. The maximum Gasteiger partial charge on any atom is 0.241 e. The third-order valence-electron chi connectivity index (χ3n) is 3.94. The second-order valence-corrected chi connectivity index (χ2v) is 5.96. The average molecular weight is 377 g/mol. The predicted molar refractivity (Wildman–Crippen MR) is 101 cm³/mol. The summed E-state index contributed by atoms with van der Waals surface area (Å²) < 4.78 is 18.8. The molecule has 0 saturated carbocycles. The lowest BCUT2D eigenvalue weighted by Gasteiger charge is -2.19. The standard InChI is InChI=1S/C19H21FN4O.ClH/c1-14-11-16(7-8-17(14)20)19-22-18(25-23-19)13-24(10-9-21)12-15-5-3-2-4-6-15;/h2-8,11H,9-10,12-13,21H2,1H3;1H. The zero-order valence-electron chi connectivity index (χ0n) is 14.6. The number of benzene rings is 2. The van der Waals surface area contributed by atoms with E-state index in [4.69, 9.17) is 10.3 Å². The Kier molecular flexibility index (Phi) is 7.26. The van der Waals surface area contributed by atoms with Crippen molar-refractivity contribution in [2.24, 2.45) is 5.73 Å². The quantitative estimate of drug-likeness (QED) is 0.682. The van der Waals surface area contributed by atoms with Gasteiger partial charge in [-0.05, 0) is 36.2 Å². The van der Waals surface area contributed by atoms with Crippen LogP contribution in [0.25, 0.3) is 11.4 Å². The van der Waals surface area contributed by atoms with Gasteiger partial charge in [-0.1, -0.05) is 35.5 Å². The summed E-state index contributed by atoms with van der Waals surface area (Å²) in [5, 5.41) is 4.01. The third-order valence-corrected chi connectivity index (χ3v) is 3.94. The van der Waals surface area contributed by atoms with E-state index in [0.29, 0.717) is 30.4 Å². The second-order valence-electron chi connectivity index (χ2n) is 5.96. The molecular weight excluding hydrogens is 355 g/mol. The van der Waals surface area contributed by atoms with Crippen LogP contribution in [0.1, 0.15) is 17.0 Å². The van der Waals surface area contributed by atoms with Gasteiger partial charge in [0.25, 0.3) is 0 Å². The molecule has 1 heterocycles. The molecule has 0 bridgehead atoms. The van der Waals surface area contributed by atoms with Crippen molar-refractivity contribution in [2.75, 3.05) is 13.1 Å². The fourth-order valence-electron chi connectivity index (χ4n) is 2.65. The molecule has 0 atom stereocenters. The lowest BCUT2D eigenvalue weighted by atomic mass is 10.1. The van der Waals surface area contributed by atoms with Crippen LogP contribution in [-0.4, -0.2) is 28.1 Å². The maximum absolute atomic E-state index is 13.4. The SMILES string of the molecule is Cc1cc(-c2noc(CN(CCN)Cc3ccccc3)n2)ccc1F.Cl. The highest BCUT2D eigenvalue weighted by Gasteiger charge is 2.14. The monoisotopic (exact) mass is 376 g/mol. The lowest BCUT2D eigenvalue weighted by Crippen LogP contribution is -2.28. The van der Waals surface area contributed by atoms with Gasteiger partial charge in [-0.2, -0.15) is 4.98 Å². The van der Waals surface area contributed by atoms with Gasteiger partial charge in [0.1, 0.15) is 5.82 Å². The van der Waals surface area contributed by atoms with Crippen molar-refractivity contribution >= 4 is 12.4 Å². The van der Waals surface area contributed by atoms with Crippen LogP contribution in [0.4, 0.5) is 4.39 Å². The molecule has 2 aromatic carbocycles. The van der Waals surface area contributed by atoms with Crippen LogP contribution in [0.3, 0.4) is 0 Å². The number of hydrogen-bond donors (Lipinski definition) is 1. The predicted octanol–water partition coefficient (Wildman–Crippen LogP) is 3.57. The summed E-state index contributed by atoms with van der Waals surface area (Å²) in [6, 6.07) is 14.9. The zero-order valence-corrected chi connectivity index (χ0v) is 15.4. The summed E-state index contributed by atoms with van der Waals surface area (Å²) in [7, 11) is 0. The molecule has 0 saturated heterocycles. The van der Waals surface area contributed by atoms with Crippen molar-refractivity contribution < 1.29 is 8.91 Å². The van der Waals surface area contributed by atoms with E-state index >= 15 is 0 Å². The summed E-state index contributed by atoms with van der Waals surface area (Å²) in [6.07, 6.45) is 0. The van der Waals surface area contributed by atoms with Gasteiger partial charge in [-0.15, -0.1) is 12.4 Å². The van der Waals surface area contributed by atoms with E-state index in [2.05, 4.69) is 27.2 Å². The van der Waals surface area contributed by atoms with Crippen LogP contribution < -0.4 is 5.73 Å². The number of aromatic nitrogens is 2. The van der Waals surface area contributed by atoms with Crippen LogP contribution >= 0.6 is 12.4 Å². The summed E-state index contributed by atoms with van der Waals surface area (Å²) in [5.41, 5.74) is 8.21. The van der Waals surface area contributed by atoms with Crippen LogP contribution in [0.5, 0.6) is 0 Å². The van der Waals surface area contributed by atoms with E-state index in [1.807, 2.05) is 18.2 Å². The highest BCUT2D eigenvalue weighted by atomic mass is 35.5. The Morgan fingerprint density at radius 3 is 2.58 bits per heavy atom. The molecule has 0 fully saturated rings. The fraction of sp³-hybridized carbons (Fsp3) is 0.263. The molecule has 0 aliphatic heterocycles. The van der Waals surface area contributed by atoms with E-state index in [1.165, 1.54) is 11.6 Å². The lowest BCUT2D eigenvalue weighted by molar-refractivity contribution is 0.224. The van der Waals surface area contributed by atoms with Crippen LogP contribution in [0.2, 0.25) is 0 Å². The van der Waals surface area contributed by atoms with Gasteiger partial charge >= 0.3 is 0 Å². The summed E-state index contributed by atoms with van der Waals surface area (Å²) in [6.45, 7) is 4.25. The highest BCUT2D eigenvalue weighted by Crippen LogP contribution is 2.19. The number of hydrogen-bond acceptors (Lipinski definition) is 5. The Morgan fingerprint density at radius 1 is 1.12 bits per heavy atom. The molecule has 3 aromatic rings. The Balaban J connectivity index is 0.00000243. The first-order valence-corrected chi connectivity index (χ1v) is 8.21. The minimum atomic E-state index is -0.246. The average Bonchev–Trinajstić information content (AvgIpc) is 3.07. The van der Waals surface area contributed by atoms with Crippen molar-refractivity contribution in [1.29, 1.82) is 0 Å². The minimum absolute atomic E-state index is 0. The van der Waals surface area contributed by atoms with Crippen LogP contribution in [0.15, 0.2) is 53.1 Å². The Morgan fingerprint density at radius 2 is 1.88 bits per heavy atom. The van der Waals surface area contributed by atoms with E-state index in [9.17, 15) is 4.39 Å². The first-order chi connectivity index (χ1) is 12.2. The Hall–Kier alpha value is -2.28. The van der Waals surface area contributed by atoms with Gasteiger partial charge in [0.15, 0.2) is 0 Å². The normalized spacial score (nSPS) is 10.8. The summed E-state index contributed by atoms with van der Waals surface area (Å²) in [4.78, 5) is 6.59. The molecule has 1 aromatic heterocycles. The molecule has 0 radical (unpaired) electrons. The van der Waals surface area contributed by atoms with Crippen molar-refractivity contribution in [3.63, 3.8) is 0 Å². The van der Waals surface area contributed by atoms with Crippen molar-refractivity contribution in [3.05, 3.63) is 71.4 Å². The molecule has 0 aliphatic rings. The van der Waals surface area contributed by atoms with Crippen LogP contribution in [-0.2, 0) is 13.1 Å². The van der Waals surface area contributed by atoms with Crippen molar-refractivity contribution in [3.8, 4) is 11.4 Å². The summed E-state index contributed by atoms with van der Waals surface area (Å²) in [5.74, 6) is 0.733. The molecule has 0 unspecified atom stereocenters. The third kappa shape index (κ3) is 5.11. The van der Waals surface area contributed by atoms with E-state index in [0.717, 1.165) is 18.7 Å². The number of rotatable bonds is 7. The highest BCUT2D eigenvalue weighted by molar-refractivity contribution is 5.85. The Labute approximate surface area is 158 Å². The molecule has 138 valence electrons.